The van der Waals surface area contributed by atoms with Gasteiger partial charge in [-0.15, -0.1) is 0 Å². The number of piperidine rings is 1. The van der Waals surface area contributed by atoms with Crippen molar-refractivity contribution in [2.45, 2.75) is 37.6 Å². The van der Waals surface area contributed by atoms with Crippen LogP contribution in [0.5, 0.6) is 0 Å². The van der Waals surface area contributed by atoms with Gasteiger partial charge in [-0.2, -0.15) is 0 Å². The number of benzene rings is 2. The first-order chi connectivity index (χ1) is 14.8. The molecule has 0 radical (unpaired) electrons. The van der Waals surface area contributed by atoms with Crippen molar-refractivity contribution < 1.29 is 22.0 Å². The molecule has 2 aromatic carbocycles. The SMILES string of the molecule is CCS(=O)(=O)c1ccc(N2CCC(NC(=O)c3oc4ccc(F)cc4c3C)CC2)cc1. The minimum absolute atomic E-state index is 0.00726. The fraction of sp³-hybridized carbons (Fsp3) is 0.348. The van der Waals surface area contributed by atoms with Crippen LogP contribution in [0.1, 0.15) is 35.9 Å². The molecular formula is C23H25FN2O4S. The van der Waals surface area contributed by atoms with Crippen LogP contribution in [0.3, 0.4) is 0 Å². The van der Waals surface area contributed by atoms with Crippen LogP contribution in [0, 0.1) is 12.7 Å². The number of hydrogen-bond donors (Lipinski definition) is 1. The highest BCUT2D eigenvalue weighted by molar-refractivity contribution is 7.91. The third kappa shape index (κ3) is 4.30. The van der Waals surface area contributed by atoms with Crippen molar-refractivity contribution in [2.24, 2.45) is 0 Å². The molecule has 0 aliphatic carbocycles. The molecule has 0 spiro atoms. The van der Waals surface area contributed by atoms with E-state index in [1.807, 2.05) is 12.1 Å². The van der Waals surface area contributed by atoms with Crippen molar-refractivity contribution in [2.75, 3.05) is 23.7 Å². The molecule has 0 unspecified atom stereocenters. The molecule has 1 amide bonds. The summed E-state index contributed by atoms with van der Waals surface area (Å²) >= 11 is 0. The third-order valence-electron chi connectivity index (χ3n) is 5.88. The number of hydrogen-bond acceptors (Lipinski definition) is 5. The summed E-state index contributed by atoms with van der Waals surface area (Å²) in [6, 6.07) is 11.2. The van der Waals surface area contributed by atoms with Crippen LogP contribution in [-0.4, -0.2) is 39.2 Å². The summed E-state index contributed by atoms with van der Waals surface area (Å²) in [5.74, 6) is -0.356. The second-order valence-electron chi connectivity index (χ2n) is 7.83. The van der Waals surface area contributed by atoms with Gasteiger partial charge in [0.25, 0.3) is 5.91 Å². The summed E-state index contributed by atoms with van der Waals surface area (Å²) in [4.78, 5) is 15.2. The Morgan fingerprint density at radius 2 is 1.84 bits per heavy atom. The number of furan rings is 1. The summed E-state index contributed by atoms with van der Waals surface area (Å²) in [5, 5.41) is 3.63. The molecule has 31 heavy (non-hydrogen) atoms. The zero-order valence-corrected chi connectivity index (χ0v) is 18.3. The molecule has 2 heterocycles. The standard InChI is InChI=1S/C23H25FN2O4S/c1-3-31(28,29)19-7-5-18(6-8-19)26-12-10-17(11-13-26)25-23(27)22-15(2)20-14-16(24)4-9-21(20)30-22/h4-9,14,17H,3,10-13H2,1-2H3,(H,25,27). The zero-order valence-electron chi connectivity index (χ0n) is 17.5. The lowest BCUT2D eigenvalue weighted by atomic mass is 10.0. The van der Waals surface area contributed by atoms with Crippen LogP contribution >= 0.6 is 0 Å². The zero-order chi connectivity index (χ0) is 22.2. The number of aryl methyl sites for hydroxylation is 1. The number of halogens is 1. The highest BCUT2D eigenvalue weighted by atomic mass is 32.2. The maximum Gasteiger partial charge on any atom is 0.287 e. The molecule has 1 saturated heterocycles. The number of sulfone groups is 1. The number of nitrogens with zero attached hydrogens (tertiary/aromatic N) is 1. The molecule has 164 valence electrons. The molecule has 3 aromatic rings. The highest BCUT2D eigenvalue weighted by Gasteiger charge is 2.25. The molecule has 1 aliphatic rings. The van der Waals surface area contributed by atoms with E-state index in [9.17, 15) is 17.6 Å². The maximum absolute atomic E-state index is 13.5. The Hall–Kier alpha value is -2.87. The maximum atomic E-state index is 13.5. The third-order valence-corrected chi connectivity index (χ3v) is 7.63. The average Bonchev–Trinajstić information content (AvgIpc) is 3.10. The van der Waals surface area contributed by atoms with Crippen LogP contribution in [0.2, 0.25) is 0 Å². The summed E-state index contributed by atoms with van der Waals surface area (Å²) in [7, 11) is -3.21. The Morgan fingerprint density at radius 1 is 1.16 bits per heavy atom. The van der Waals surface area contributed by atoms with E-state index < -0.39 is 9.84 Å². The van der Waals surface area contributed by atoms with Gasteiger partial charge in [-0.05, 0) is 62.2 Å². The van der Waals surface area contributed by atoms with Gasteiger partial charge in [0, 0.05) is 35.8 Å². The van der Waals surface area contributed by atoms with E-state index in [4.69, 9.17) is 4.42 Å². The number of fused-ring (bicyclic) bond motifs is 1. The number of anilines is 1. The van der Waals surface area contributed by atoms with Gasteiger partial charge in [-0.1, -0.05) is 6.92 Å². The van der Waals surface area contributed by atoms with E-state index in [2.05, 4.69) is 10.2 Å². The molecule has 0 atom stereocenters. The van der Waals surface area contributed by atoms with Crippen LogP contribution in [0.25, 0.3) is 11.0 Å². The number of carbonyl (C=O) groups is 1. The lowest BCUT2D eigenvalue weighted by Crippen LogP contribution is -2.44. The number of rotatable bonds is 5. The first-order valence-electron chi connectivity index (χ1n) is 10.4. The minimum Gasteiger partial charge on any atom is -0.451 e. The topological polar surface area (TPSA) is 79.6 Å². The Balaban J connectivity index is 1.38. The molecule has 8 heteroatoms. The van der Waals surface area contributed by atoms with Gasteiger partial charge in [0.1, 0.15) is 11.4 Å². The van der Waals surface area contributed by atoms with Crippen molar-refractivity contribution in [3.05, 3.63) is 59.6 Å². The average molecular weight is 445 g/mol. The lowest BCUT2D eigenvalue weighted by molar-refractivity contribution is 0.0904. The fourth-order valence-corrected chi connectivity index (χ4v) is 4.86. The molecule has 1 N–H and O–H groups in total. The van der Waals surface area contributed by atoms with Gasteiger partial charge in [-0.25, -0.2) is 12.8 Å². The van der Waals surface area contributed by atoms with E-state index in [-0.39, 0.29) is 29.3 Å². The first kappa shape index (κ1) is 21.4. The van der Waals surface area contributed by atoms with Gasteiger partial charge in [-0.3, -0.25) is 4.79 Å². The van der Waals surface area contributed by atoms with Crippen molar-refractivity contribution in [3.8, 4) is 0 Å². The number of amides is 1. The van der Waals surface area contributed by atoms with E-state index in [1.54, 1.807) is 26.0 Å². The normalized spacial score (nSPS) is 15.4. The van der Waals surface area contributed by atoms with Gasteiger partial charge in [0.05, 0.1) is 10.6 Å². The molecular weight excluding hydrogens is 419 g/mol. The number of nitrogens with one attached hydrogen (secondary N) is 1. The Morgan fingerprint density at radius 3 is 2.48 bits per heavy atom. The molecule has 1 fully saturated rings. The fourth-order valence-electron chi connectivity index (χ4n) is 3.97. The summed E-state index contributed by atoms with van der Waals surface area (Å²) in [6.07, 6.45) is 1.52. The van der Waals surface area contributed by atoms with E-state index >= 15 is 0 Å². The summed E-state index contributed by atoms with van der Waals surface area (Å²) in [5.41, 5.74) is 2.09. The predicted octanol–water partition coefficient (Wildman–Crippen LogP) is 4.07. The summed E-state index contributed by atoms with van der Waals surface area (Å²) < 4.78 is 43.1. The van der Waals surface area contributed by atoms with E-state index in [0.29, 0.717) is 21.4 Å². The molecule has 1 aromatic heterocycles. The van der Waals surface area contributed by atoms with Crippen molar-refractivity contribution in [1.82, 2.24) is 5.32 Å². The predicted molar refractivity (Wildman–Crippen MR) is 118 cm³/mol. The second kappa shape index (κ2) is 8.34. The van der Waals surface area contributed by atoms with Crippen LogP contribution in [0.4, 0.5) is 10.1 Å². The van der Waals surface area contributed by atoms with Gasteiger partial charge in [0.2, 0.25) is 0 Å². The van der Waals surface area contributed by atoms with Gasteiger partial charge < -0.3 is 14.6 Å². The van der Waals surface area contributed by atoms with E-state index in [1.165, 1.54) is 18.2 Å². The van der Waals surface area contributed by atoms with Crippen LogP contribution in [-0.2, 0) is 9.84 Å². The van der Waals surface area contributed by atoms with Crippen molar-refractivity contribution >= 4 is 32.4 Å². The molecule has 1 aliphatic heterocycles. The van der Waals surface area contributed by atoms with Gasteiger partial charge >= 0.3 is 0 Å². The van der Waals surface area contributed by atoms with Crippen LogP contribution in [0.15, 0.2) is 51.8 Å². The van der Waals surface area contributed by atoms with Crippen molar-refractivity contribution in [1.29, 1.82) is 0 Å². The Bertz CT molecular complexity index is 1210. The molecule has 6 nitrogen and oxygen atoms in total. The van der Waals surface area contributed by atoms with E-state index in [0.717, 1.165) is 31.6 Å². The first-order valence-corrected chi connectivity index (χ1v) is 12.0. The smallest absolute Gasteiger partial charge is 0.287 e. The van der Waals surface area contributed by atoms with Crippen LogP contribution < -0.4 is 10.2 Å². The Kier molecular flexibility index (Phi) is 5.75. The summed E-state index contributed by atoms with van der Waals surface area (Å²) in [6.45, 7) is 4.88. The largest absolute Gasteiger partial charge is 0.451 e. The molecule has 0 saturated carbocycles. The molecule has 4 rings (SSSR count). The monoisotopic (exact) mass is 444 g/mol. The van der Waals surface area contributed by atoms with Gasteiger partial charge in [0.15, 0.2) is 15.6 Å². The lowest BCUT2D eigenvalue weighted by Gasteiger charge is -2.34. The highest BCUT2D eigenvalue weighted by Crippen LogP contribution is 2.27. The quantitative estimate of drug-likeness (QED) is 0.642. The van der Waals surface area contributed by atoms with Crippen molar-refractivity contribution in [3.63, 3.8) is 0 Å². The Labute approximate surface area is 181 Å². The second-order valence-corrected chi connectivity index (χ2v) is 10.1. The molecule has 0 bridgehead atoms. The number of carbonyl (C=O) groups excluding carboxylic acids is 1. The minimum atomic E-state index is -3.21.